The minimum atomic E-state index is -0.509. The van der Waals surface area contributed by atoms with Crippen LogP contribution in [0.15, 0.2) is 29.3 Å². The normalized spacial score (nSPS) is 19.6. The molecule has 25 heavy (non-hydrogen) atoms. The molecule has 1 aromatic rings. The Labute approximate surface area is 150 Å². The summed E-state index contributed by atoms with van der Waals surface area (Å²) in [4.78, 5) is 39.7. The molecule has 0 aliphatic carbocycles. The molecule has 2 N–H and O–H groups in total. The molecule has 1 aliphatic rings. The lowest BCUT2D eigenvalue weighted by Crippen LogP contribution is -2.28. The summed E-state index contributed by atoms with van der Waals surface area (Å²) >= 11 is 1.25. The molecule has 0 radical (unpaired) electrons. The number of hydrogen-bond acceptors (Lipinski definition) is 6. The maximum atomic E-state index is 12.1. The molecule has 1 saturated heterocycles. The Balaban J connectivity index is 1.90. The number of Topliss-reactive ketones (excluding diaryl/α,β-unsaturated/α-hetero) is 1. The van der Waals surface area contributed by atoms with Crippen LogP contribution < -0.4 is 10.6 Å². The number of anilines is 1. The highest BCUT2D eigenvalue weighted by molar-refractivity contribution is 8.15. The van der Waals surface area contributed by atoms with Gasteiger partial charge in [0.25, 0.3) is 0 Å². The van der Waals surface area contributed by atoms with Crippen molar-refractivity contribution in [3.8, 4) is 0 Å². The molecule has 0 saturated carbocycles. The number of methoxy groups -OCH3 is 1. The number of ether oxygens (including phenoxy) is 1. The highest BCUT2D eigenvalue weighted by Gasteiger charge is 2.32. The molecule has 1 heterocycles. The van der Waals surface area contributed by atoms with E-state index in [1.165, 1.54) is 18.7 Å². The zero-order chi connectivity index (χ0) is 18.4. The second-order valence-corrected chi connectivity index (χ2v) is 6.91. The van der Waals surface area contributed by atoms with Crippen molar-refractivity contribution in [2.75, 3.05) is 19.0 Å². The Morgan fingerprint density at radius 3 is 2.64 bits per heavy atom. The van der Waals surface area contributed by atoms with Crippen molar-refractivity contribution < 1.29 is 19.1 Å². The number of amides is 2. The highest BCUT2D eigenvalue weighted by atomic mass is 32.2. The van der Waals surface area contributed by atoms with E-state index in [1.807, 2.05) is 6.92 Å². The molecule has 7 nitrogen and oxygen atoms in total. The number of hydrogen-bond donors (Lipinski definition) is 2. The Kier molecular flexibility index (Phi) is 6.72. The van der Waals surface area contributed by atoms with E-state index >= 15 is 0 Å². The SMILES string of the molecule is COCC(C)N=C1NC(=O)C(CC(=O)Nc2ccc(C(C)=O)cc2)S1. The van der Waals surface area contributed by atoms with E-state index in [4.69, 9.17) is 4.74 Å². The van der Waals surface area contributed by atoms with Crippen molar-refractivity contribution >= 4 is 40.2 Å². The number of thioether (sulfide) groups is 1. The first-order valence-corrected chi connectivity index (χ1v) is 8.72. The number of amidine groups is 1. The number of carbonyl (C=O) groups is 3. The van der Waals surface area contributed by atoms with Crippen molar-refractivity contribution in [1.82, 2.24) is 5.32 Å². The summed E-state index contributed by atoms with van der Waals surface area (Å²) < 4.78 is 5.01. The zero-order valence-electron chi connectivity index (χ0n) is 14.4. The number of nitrogens with one attached hydrogen (secondary N) is 2. The van der Waals surface area contributed by atoms with Gasteiger partial charge in [0, 0.05) is 24.8 Å². The third-order valence-corrected chi connectivity index (χ3v) is 4.56. The maximum Gasteiger partial charge on any atom is 0.240 e. The second kappa shape index (κ2) is 8.77. The van der Waals surface area contributed by atoms with Gasteiger partial charge in [-0.15, -0.1) is 0 Å². The largest absolute Gasteiger partial charge is 0.382 e. The van der Waals surface area contributed by atoms with Gasteiger partial charge in [0.05, 0.1) is 12.6 Å². The van der Waals surface area contributed by atoms with Crippen LogP contribution in [-0.4, -0.2) is 47.8 Å². The van der Waals surface area contributed by atoms with E-state index < -0.39 is 5.25 Å². The second-order valence-electron chi connectivity index (χ2n) is 5.72. The monoisotopic (exact) mass is 363 g/mol. The standard InChI is InChI=1S/C17H21N3O4S/c1-10(9-24-3)18-17-20-16(23)14(25-17)8-15(22)19-13-6-4-12(5-7-13)11(2)21/h4-7,10,14H,8-9H2,1-3H3,(H,19,22)(H,18,20,23). The van der Waals surface area contributed by atoms with Crippen LogP contribution in [-0.2, 0) is 14.3 Å². The molecule has 134 valence electrons. The predicted octanol–water partition coefficient (Wildman–Crippen LogP) is 1.84. The van der Waals surface area contributed by atoms with Crippen LogP contribution in [0.25, 0.3) is 0 Å². The van der Waals surface area contributed by atoms with Crippen molar-refractivity contribution in [2.24, 2.45) is 4.99 Å². The van der Waals surface area contributed by atoms with E-state index in [2.05, 4.69) is 15.6 Å². The van der Waals surface area contributed by atoms with Crippen LogP contribution >= 0.6 is 11.8 Å². The molecule has 2 atom stereocenters. The molecular weight excluding hydrogens is 342 g/mol. The van der Waals surface area contributed by atoms with E-state index in [-0.39, 0.29) is 30.1 Å². The Hall–Kier alpha value is -2.19. The van der Waals surface area contributed by atoms with Gasteiger partial charge in [0.1, 0.15) is 5.25 Å². The van der Waals surface area contributed by atoms with Gasteiger partial charge in [-0.05, 0) is 38.1 Å². The van der Waals surface area contributed by atoms with Gasteiger partial charge in [-0.3, -0.25) is 19.4 Å². The molecule has 1 aromatic carbocycles. The van der Waals surface area contributed by atoms with Gasteiger partial charge in [-0.25, -0.2) is 0 Å². The number of rotatable bonds is 7. The third kappa shape index (κ3) is 5.68. The van der Waals surface area contributed by atoms with E-state index in [9.17, 15) is 14.4 Å². The van der Waals surface area contributed by atoms with Crippen molar-refractivity contribution in [3.63, 3.8) is 0 Å². The molecule has 1 aliphatic heterocycles. The van der Waals surface area contributed by atoms with Crippen LogP contribution in [0.5, 0.6) is 0 Å². The minimum absolute atomic E-state index is 0.0357. The number of ketones is 1. The zero-order valence-corrected chi connectivity index (χ0v) is 15.2. The number of benzene rings is 1. The summed E-state index contributed by atoms with van der Waals surface area (Å²) in [6.45, 7) is 3.82. The van der Waals surface area contributed by atoms with Crippen molar-refractivity contribution in [3.05, 3.63) is 29.8 Å². The fourth-order valence-electron chi connectivity index (χ4n) is 2.25. The van der Waals surface area contributed by atoms with Gasteiger partial charge in [-0.2, -0.15) is 0 Å². The molecule has 8 heteroatoms. The molecule has 0 bridgehead atoms. The first-order valence-electron chi connectivity index (χ1n) is 7.84. The maximum absolute atomic E-state index is 12.1. The minimum Gasteiger partial charge on any atom is -0.382 e. The van der Waals surface area contributed by atoms with Crippen LogP contribution in [0.3, 0.4) is 0 Å². The Morgan fingerprint density at radius 1 is 1.36 bits per heavy atom. The van der Waals surface area contributed by atoms with E-state index in [1.54, 1.807) is 31.4 Å². The Bertz CT molecular complexity index is 688. The lowest BCUT2D eigenvalue weighted by atomic mass is 10.1. The van der Waals surface area contributed by atoms with Gasteiger partial charge in [0.2, 0.25) is 11.8 Å². The number of aliphatic imine (C=N–C) groups is 1. The highest BCUT2D eigenvalue weighted by Crippen LogP contribution is 2.23. The molecule has 0 spiro atoms. The fraction of sp³-hybridized carbons (Fsp3) is 0.412. The van der Waals surface area contributed by atoms with Crippen molar-refractivity contribution in [2.45, 2.75) is 31.6 Å². The Morgan fingerprint density at radius 2 is 2.04 bits per heavy atom. The summed E-state index contributed by atoms with van der Waals surface area (Å²) in [5.74, 6) is -0.531. The molecular formula is C17H21N3O4S. The summed E-state index contributed by atoms with van der Waals surface area (Å²) in [6, 6.07) is 6.56. The summed E-state index contributed by atoms with van der Waals surface area (Å²) in [6.07, 6.45) is 0.0443. The lowest BCUT2D eigenvalue weighted by molar-refractivity contribution is -0.122. The van der Waals surface area contributed by atoms with Crippen LogP contribution in [0, 0.1) is 0 Å². The summed E-state index contributed by atoms with van der Waals surface area (Å²) in [5, 5.41) is 5.41. The van der Waals surface area contributed by atoms with Gasteiger partial charge in [0.15, 0.2) is 11.0 Å². The number of carbonyl (C=O) groups excluding carboxylic acids is 3. The summed E-state index contributed by atoms with van der Waals surface area (Å²) in [5.41, 5.74) is 1.16. The van der Waals surface area contributed by atoms with Crippen LogP contribution in [0.1, 0.15) is 30.6 Å². The average molecular weight is 363 g/mol. The molecule has 2 amide bonds. The molecule has 2 unspecified atom stereocenters. The van der Waals surface area contributed by atoms with E-state index in [0.29, 0.717) is 23.0 Å². The average Bonchev–Trinajstić information content (AvgIpc) is 2.87. The third-order valence-electron chi connectivity index (χ3n) is 3.47. The van der Waals surface area contributed by atoms with Gasteiger partial charge in [-0.1, -0.05) is 11.8 Å². The predicted molar refractivity (Wildman–Crippen MR) is 98.0 cm³/mol. The first kappa shape index (κ1) is 19.1. The van der Waals surface area contributed by atoms with Crippen LogP contribution in [0.4, 0.5) is 5.69 Å². The van der Waals surface area contributed by atoms with Crippen LogP contribution in [0.2, 0.25) is 0 Å². The molecule has 2 rings (SSSR count). The topological polar surface area (TPSA) is 96.9 Å². The van der Waals surface area contributed by atoms with E-state index in [0.717, 1.165) is 0 Å². The first-order chi connectivity index (χ1) is 11.9. The fourth-order valence-corrected chi connectivity index (χ4v) is 3.32. The smallest absolute Gasteiger partial charge is 0.240 e. The van der Waals surface area contributed by atoms with Gasteiger partial charge >= 0.3 is 0 Å². The lowest BCUT2D eigenvalue weighted by Gasteiger charge is -2.08. The molecule has 0 aromatic heterocycles. The van der Waals surface area contributed by atoms with Gasteiger partial charge < -0.3 is 15.4 Å². The number of nitrogens with zero attached hydrogens (tertiary/aromatic N) is 1. The molecule has 1 fully saturated rings. The summed E-state index contributed by atoms with van der Waals surface area (Å²) in [7, 11) is 1.59. The van der Waals surface area contributed by atoms with Crippen molar-refractivity contribution in [1.29, 1.82) is 0 Å². The quantitative estimate of drug-likeness (QED) is 0.721.